The molecule has 0 unspecified atom stereocenters. The first-order valence-electron chi connectivity index (χ1n) is 5.80. The summed E-state index contributed by atoms with van der Waals surface area (Å²) in [5.41, 5.74) is -0.0113. The molecule has 0 aliphatic rings. The second kappa shape index (κ2) is 6.68. The number of aliphatic hydroxyl groups is 1. The van der Waals surface area contributed by atoms with E-state index in [1.807, 2.05) is 0 Å². The molecule has 20 heavy (non-hydrogen) atoms. The number of benzene rings is 1. The average Bonchev–Trinajstić information content (AvgIpc) is 2.41. The molecular weight excluding hydrogens is 267 g/mol. The van der Waals surface area contributed by atoms with Gasteiger partial charge in [-0.05, 0) is 23.9 Å². The van der Waals surface area contributed by atoms with Gasteiger partial charge in [-0.25, -0.2) is 0 Å². The predicted octanol–water partition coefficient (Wildman–Crippen LogP) is 4.92. The quantitative estimate of drug-likeness (QED) is 0.464. The van der Waals surface area contributed by atoms with Gasteiger partial charge in [-0.3, -0.25) is 0 Å². The predicted molar refractivity (Wildman–Crippen MR) is 71.7 cm³/mol. The lowest BCUT2D eigenvalue weighted by Gasteiger charge is -2.03. The Balaban J connectivity index is 2.85. The molecule has 0 bridgehead atoms. The van der Waals surface area contributed by atoms with Gasteiger partial charge in [0.1, 0.15) is 11.3 Å². The minimum atomic E-state index is -4.37. The van der Waals surface area contributed by atoms with Crippen molar-refractivity contribution in [2.24, 2.45) is 0 Å². The van der Waals surface area contributed by atoms with E-state index < -0.39 is 11.7 Å². The molecule has 1 aromatic carbocycles. The maximum absolute atomic E-state index is 12.4. The lowest BCUT2D eigenvalue weighted by Crippen LogP contribution is -2.03. The summed E-state index contributed by atoms with van der Waals surface area (Å²) in [4.78, 5) is 3.87. The minimum absolute atomic E-state index is 0.0682. The van der Waals surface area contributed by atoms with Crippen LogP contribution in [0, 0.1) is 18.4 Å². The Morgan fingerprint density at radius 3 is 2.40 bits per heavy atom. The molecule has 0 aliphatic heterocycles. The van der Waals surface area contributed by atoms with E-state index in [9.17, 15) is 18.3 Å². The van der Waals surface area contributed by atoms with E-state index in [2.05, 4.69) is 16.8 Å². The normalized spacial score (nSPS) is 11.9. The zero-order valence-electron chi connectivity index (χ0n) is 10.8. The van der Waals surface area contributed by atoms with Crippen molar-refractivity contribution < 1.29 is 18.3 Å². The van der Waals surface area contributed by atoms with Gasteiger partial charge in [0.2, 0.25) is 0 Å². The SMILES string of the molecule is C#CCCC(O)=C(C)C#[N+]c1ccc(C(F)(F)F)cc1. The standard InChI is InChI=1S/C15H12F3NO/c1-3-4-5-14(20)11(2)10-19-13-8-6-12(7-9-13)15(16,17)18/h1,6-9H,4-5H2,2H3/p+1. The molecule has 0 fully saturated rings. The van der Waals surface area contributed by atoms with Crippen molar-refractivity contribution in [3.63, 3.8) is 0 Å². The first kappa shape index (κ1) is 15.7. The van der Waals surface area contributed by atoms with E-state index in [0.717, 1.165) is 12.1 Å². The molecule has 1 rings (SSSR count). The first-order valence-corrected chi connectivity index (χ1v) is 5.80. The van der Waals surface area contributed by atoms with Gasteiger partial charge in [-0.2, -0.15) is 13.2 Å². The van der Waals surface area contributed by atoms with E-state index in [1.54, 1.807) is 6.92 Å². The second-order valence-electron chi connectivity index (χ2n) is 4.04. The number of aliphatic hydroxyl groups excluding tert-OH is 1. The smallest absolute Gasteiger partial charge is 0.416 e. The summed E-state index contributed by atoms with van der Waals surface area (Å²) in [7, 11) is 0. The number of rotatable bonds is 2. The Morgan fingerprint density at radius 2 is 1.90 bits per heavy atom. The van der Waals surface area contributed by atoms with Crippen LogP contribution in [0.3, 0.4) is 0 Å². The second-order valence-corrected chi connectivity index (χ2v) is 4.04. The highest BCUT2D eigenvalue weighted by Crippen LogP contribution is 2.30. The van der Waals surface area contributed by atoms with Gasteiger partial charge < -0.3 is 5.11 Å². The molecule has 0 aromatic heterocycles. The molecule has 0 heterocycles. The fourth-order valence-corrected chi connectivity index (χ4v) is 1.32. The summed E-state index contributed by atoms with van der Waals surface area (Å²) in [6.07, 6.45) is 1.42. The number of allylic oxidation sites excluding steroid dienone is 2. The number of alkyl halides is 3. The fraction of sp³-hybridized carbons (Fsp3) is 0.267. The van der Waals surface area contributed by atoms with Crippen LogP contribution < -0.4 is 0 Å². The van der Waals surface area contributed by atoms with Gasteiger partial charge in [0.05, 0.1) is 5.56 Å². The summed E-state index contributed by atoms with van der Waals surface area (Å²) in [6, 6.07) is 6.93. The molecule has 0 aliphatic carbocycles. The number of hydrogen-bond donors (Lipinski definition) is 1. The van der Waals surface area contributed by atoms with Gasteiger partial charge >= 0.3 is 17.9 Å². The van der Waals surface area contributed by atoms with Crippen LogP contribution in [0.5, 0.6) is 0 Å². The van der Waals surface area contributed by atoms with Crippen LogP contribution >= 0.6 is 0 Å². The largest absolute Gasteiger partial charge is 0.511 e. The molecule has 0 saturated heterocycles. The number of hydrogen-bond acceptors (Lipinski definition) is 1. The van der Waals surface area contributed by atoms with Crippen molar-refractivity contribution >= 4 is 5.69 Å². The summed E-state index contributed by atoms with van der Waals surface area (Å²) < 4.78 is 37.1. The van der Waals surface area contributed by atoms with Crippen molar-refractivity contribution in [1.82, 2.24) is 0 Å². The summed E-state index contributed by atoms with van der Waals surface area (Å²) in [5.74, 6) is 2.46. The monoisotopic (exact) mass is 280 g/mol. The Labute approximate surface area is 115 Å². The molecule has 0 atom stereocenters. The van der Waals surface area contributed by atoms with E-state index in [-0.39, 0.29) is 5.76 Å². The molecule has 1 N–H and O–H groups in total. The Kier molecular flexibility index (Phi) is 5.23. The highest BCUT2D eigenvalue weighted by Gasteiger charge is 2.30. The van der Waals surface area contributed by atoms with Crippen molar-refractivity contribution in [1.29, 1.82) is 0 Å². The molecule has 0 radical (unpaired) electrons. The topological polar surface area (TPSA) is 24.6 Å². The van der Waals surface area contributed by atoms with Crippen LogP contribution in [-0.4, -0.2) is 5.11 Å². The molecule has 0 saturated carbocycles. The summed E-state index contributed by atoms with van der Waals surface area (Å²) in [6.45, 7) is 1.60. The van der Waals surface area contributed by atoms with Crippen LogP contribution in [-0.2, 0) is 6.18 Å². The Bertz CT molecular complexity index is 595. The van der Waals surface area contributed by atoms with Crippen LogP contribution in [0.4, 0.5) is 18.9 Å². The highest BCUT2D eigenvalue weighted by molar-refractivity contribution is 5.49. The van der Waals surface area contributed by atoms with E-state index in [1.165, 1.54) is 12.1 Å². The van der Waals surface area contributed by atoms with Gasteiger partial charge in [-0.1, -0.05) is 0 Å². The van der Waals surface area contributed by atoms with Crippen LogP contribution in [0.1, 0.15) is 25.3 Å². The van der Waals surface area contributed by atoms with Crippen LogP contribution in [0.15, 0.2) is 35.6 Å². The van der Waals surface area contributed by atoms with Crippen LogP contribution in [0.25, 0.3) is 4.85 Å². The maximum Gasteiger partial charge on any atom is 0.416 e. The number of halogens is 3. The molecule has 2 nitrogen and oxygen atoms in total. The molecular formula is C15H13F3NO+. The summed E-state index contributed by atoms with van der Waals surface area (Å²) in [5, 5.41) is 9.59. The van der Waals surface area contributed by atoms with E-state index >= 15 is 0 Å². The van der Waals surface area contributed by atoms with Gasteiger partial charge in [0.15, 0.2) is 0 Å². The Morgan fingerprint density at radius 1 is 1.30 bits per heavy atom. The van der Waals surface area contributed by atoms with Crippen molar-refractivity contribution in [3.05, 3.63) is 46.0 Å². The molecule has 104 valence electrons. The van der Waals surface area contributed by atoms with E-state index in [0.29, 0.717) is 24.1 Å². The van der Waals surface area contributed by atoms with Crippen molar-refractivity contribution in [2.45, 2.75) is 25.9 Å². The lowest BCUT2D eigenvalue weighted by molar-refractivity contribution is -0.137. The van der Waals surface area contributed by atoms with Gasteiger partial charge in [0.25, 0.3) is 0 Å². The third-order valence-corrected chi connectivity index (χ3v) is 2.49. The zero-order valence-corrected chi connectivity index (χ0v) is 10.8. The third-order valence-electron chi connectivity index (χ3n) is 2.49. The van der Waals surface area contributed by atoms with Gasteiger partial charge in [-0.15, -0.1) is 12.3 Å². The van der Waals surface area contributed by atoms with Crippen molar-refractivity contribution in [3.8, 4) is 18.4 Å². The average molecular weight is 280 g/mol. The van der Waals surface area contributed by atoms with Crippen LogP contribution in [0.2, 0.25) is 0 Å². The lowest BCUT2D eigenvalue weighted by atomic mass is 10.2. The maximum atomic E-state index is 12.4. The summed E-state index contributed by atoms with van der Waals surface area (Å²) >= 11 is 0. The highest BCUT2D eigenvalue weighted by atomic mass is 19.4. The minimum Gasteiger partial charge on any atom is -0.511 e. The number of nitrogens with zero attached hydrogens (tertiary/aromatic N) is 1. The molecule has 1 aromatic rings. The molecule has 0 spiro atoms. The van der Waals surface area contributed by atoms with E-state index in [4.69, 9.17) is 6.42 Å². The third kappa shape index (κ3) is 4.70. The van der Waals surface area contributed by atoms with Crippen molar-refractivity contribution in [2.75, 3.05) is 0 Å². The number of terminal acetylenes is 1. The molecule has 0 amide bonds. The first-order chi connectivity index (χ1) is 9.34. The Hall–Kier alpha value is -2.40. The fourth-order valence-electron chi connectivity index (χ4n) is 1.32. The van der Waals surface area contributed by atoms with Gasteiger partial charge in [0, 0.05) is 25.0 Å². The zero-order chi connectivity index (χ0) is 15.2. The molecule has 5 heteroatoms.